The van der Waals surface area contributed by atoms with Gasteiger partial charge in [-0.1, -0.05) is 6.07 Å². The third-order valence-electron chi connectivity index (χ3n) is 3.62. The average Bonchev–Trinajstić information content (AvgIpc) is 2.91. The molecule has 0 saturated heterocycles. The Morgan fingerprint density at radius 3 is 2.21 bits per heavy atom. The number of alkyl halides is 8. The zero-order chi connectivity index (χ0) is 22.4. The summed E-state index contributed by atoms with van der Waals surface area (Å²) < 4.78 is 119. The predicted octanol–water partition coefficient (Wildman–Crippen LogP) is 3.18. The summed E-state index contributed by atoms with van der Waals surface area (Å²) in [7, 11) is 0.568. The molecule has 0 fully saturated rings. The Labute approximate surface area is 154 Å². The van der Waals surface area contributed by atoms with E-state index in [9.17, 15) is 49.5 Å². The van der Waals surface area contributed by atoms with E-state index in [2.05, 4.69) is 5.10 Å². The molecular formula is C14H9F9N4O2. The molecule has 0 aliphatic rings. The molecule has 0 aliphatic carbocycles. The number of rotatable bonds is 4. The maximum Gasteiger partial charge on any atom is 0.459 e. The largest absolute Gasteiger partial charge is 0.630 e. The van der Waals surface area contributed by atoms with E-state index in [1.807, 2.05) is 0 Å². The van der Waals surface area contributed by atoms with Crippen LogP contribution in [-0.4, -0.2) is 21.9 Å². The lowest BCUT2D eigenvalue weighted by atomic mass is 10.1. The number of quaternary nitrogens is 1. The molecule has 0 aliphatic heterocycles. The Bertz CT molecular complexity index is 934. The number of carbonyl (C=O) groups excluding carboxylic acids is 1. The Morgan fingerprint density at radius 2 is 1.72 bits per heavy atom. The zero-order valence-electron chi connectivity index (χ0n) is 13.9. The van der Waals surface area contributed by atoms with Crippen molar-refractivity contribution < 1.29 is 49.8 Å². The van der Waals surface area contributed by atoms with E-state index >= 15 is 0 Å². The first-order chi connectivity index (χ1) is 13.1. The minimum atomic E-state index is -6.41. The van der Waals surface area contributed by atoms with Gasteiger partial charge in [-0.2, -0.15) is 44.6 Å². The van der Waals surface area contributed by atoms with Crippen LogP contribution in [0.3, 0.4) is 0 Å². The van der Waals surface area contributed by atoms with Crippen LogP contribution in [-0.2, 0) is 19.1 Å². The first kappa shape index (κ1) is 22.5. The Balaban J connectivity index is 2.62. The van der Waals surface area contributed by atoms with Gasteiger partial charge in [-0.25, -0.2) is 0 Å². The molecule has 1 aromatic carbocycles. The van der Waals surface area contributed by atoms with Gasteiger partial charge >= 0.3 is 18.3 Å². The van der Waals surface area contributed by atoms with Crippen LogP contribution in [0.15, 0.2) is 18.2 Å². The predicted molar refractivity (Wildman–Crippen MR) is 77.5 cm³/mol. The minimum Gasteiger partial charge on any atom is -0.630 e. The van der Waals surface area contributed by atoms with Crippen LogP contribution in [0.1, 0.15) is 21.6 Å². The lowest BCUT2D eigenvalue weighted by Gasteiger charge is -2.19. The summed E-state index contributed by atoms with van der Waals surface area (Å²) in [5, 5.41) is 14.7. The van der Waals surface area contributed by atoms with Gasteiger partial charge in [0.1, 0.15) is 11.4 Å². The van der Waals surface area contributed by atoms with Gasteiger partial charge in [0.05, 0.1) is 5.56 Å². The molecule has 1 aromatic heterocycles. The Hall–Kier alpha value is -2.81. The van der Waals surface area contributed by atoms with Crippen LogP contribution in [0.4, 0.5) is 51.0 Å². The van der Waals surface area contributed by atoms with Crippen LogP contribution in [0.2, 0.25) is 0 Å². The average molecular weight is 436 g/mol. The number of nitrogens with two attached hydrogens (primary N) is 1. The summed E-state index contributed by atoms with van der Waals surface area (Å²) in [6, 6.07) is 2.69. The molecule has 1 heterocycles. The second-order valence-electron chi connectivity index (χ2n) is 5.55. The maximum absolute atomic E-state index is 14.0. The van der Waals surface area contributed by atoms with E-state index in [-0.39, 0.29) is 10.2 Å². The van der Waals surface area contributed by atoms with Gasteiger partial charge in [-0.05, 0) is 6.07 Å². The number of benzene rings is 1. The highest BCUT2D eigenvalue weighted by molar-refractivity contribution is 6.05. The highest BCUT2D eigenvalue weighted by Gasteiger charge is 2.64. The molecule has 0 bridgehead atoms. The monoisotopic (exact) mass is 436 g/mol. The maximum atomic E-state index is 14.0. The molecule has 2 aromatic rings. The quantitative estimate of drug-likeness (QED) is 0.439. The van der Waals surface area contributed by atoms with E-state index < -0.39 is 58.3 Å². The fraction of sp³-hybridized carbons (Fsp3) is 0.286. The van der Waals surface area contributed by atoms with Gasteiger partial charge in [0.25, 0.3) is 5.91 Å². The number of aromatic nitrogens is 2. The fourth-order valence-electron chi connectivity index (χ4n) is 2.28. The summed E-state index contributed by atoms with van der Waals surface area (Å²) in [5.41, 5.74) is -6.82. The van der Waals surface area contributed by atoms with Crippen molar-refractivity contribution in [2.45, 2.75) is 18.3 Å². The van der Waals surface area contributed by atoms with Gasteiger partial charge in [0.2, 0.25) is 0 Å². The van der Waals surface area contributed by atoms with Crippen LogP contribution >= 0.6 is 0 Å². The number of hydrogen-bond donors (Lipinski definition) is 2. The molecule has 0 saturated carbocycles. The molecule has 160 valence electrons. The first-order valence-electron chi connectivity index (χ1n) is 7.27. The number of halogens is 9. The normalized spacial score (nSPS) is 12.9. The molecule has 1 amide bonds. The molecule has 0 radical (unpaired) electrons. The Morgan fingerprint density at radius 1 is 1.14 bits per heavy atom. The highest BCUT2D eigenvalue weighted by Crippen LogP contribution is 2.49. The van der Waals surface area contributed by atoms with Crippen molar-refractivity contribution in [2.75, 3.05) is 5.32 Å². The Kier molecular flexibility index (Phi) is 5.59. The number of amides is 1. The van der Waals surface area contributed by atoms with Gasteiger partial charge in [-0.3, -0.25) is 9.48 Å². The molecule has 29 heavy (non-hydrogen) atoms. The third-order valence-corrected chi connectivity index (χ3v) is 3.62. The van der Waals surface area contributed by atoms with Gasteiger partial charge in [0, 0.05) is 13.1 Å². The second kappa shape index (κ2) is 7.22. The summed E-state index contributed by atoms with van der Waals surface area (Å²) in [4.78, 5) is 12.1. The number of hydrogen-bond acceptors (Lipinski definition) is 3. The van der Waals surface area contributed by atoms with E-state index in [4.69, 9.17) is 0 Å². The van der Waals surface area contributed by atoms with Crippen molar-refractivity contribution in [1.29, 1.82) is 0 Å². The van der Waals surface area contributed by atoms with Crippen molar-refractivity contribution in [2.24, 2.45) is 7.05 Å². The number of nitrogens with one attached hydrogen (secondary N) is 1. The molecule has 6 nitrogen and oxygen atoms in total. The van der Waals surface area contributed by atoms with Crippen molar-refractivity contribution in [1.82, 2.24) is 9.78 Å². The summed E-state index contributed by atoms with van der Waals surface area (Å²) >= 11 is 0. The molecule has 0 atom stereocenters. The van der Waals surface area contributed by atoms with Crippen LogP contribution in [0.25, 0.3) is 0 Å². The van der Waals surface area contributed by atoms with Crippen LogP contribution in [0.5, 0.6) is 0 Å². The first-order valence-corrected chi connectivity index (χ1v) is 7.27. The lowest BCUT2D eigenvalue weighted by Crippen LogP contribution is -2.70. The topological polar surface area (TPSA) is 86.6 Å². The van der Waals surface area contributed by atoms with E-state index in [1.165, 1.54) is 5.32 Å². The van der Waals surface area contributed by atoms with Gasteiger partial charge < -0.3 is 16.0 Å². The van der Waals surface area contributed by atoms with E-state index in [0.29, 0.717) is 7.05 Å². The number of carbonyl (C=O) groups is 1. The highest BCUT2D eigenvalue weighted by atomic mass is 19.4. The van der Waals surface area contributed by atoms with Crippen molar-refractivity contribution in [3.05, 3.63) is 46.0 Å². The van der Waals surface area contributed by atoms with Crippen molar-refractivity contribution >= 4 is 17.4 Å². The van der Waals surface area contributed by atoms with Crippen molar-refractivity contribution in [3.8, 4) is 0 Å². The molecule has 0 unspecified atom stereocenters. The molecule has 0 spiro atoms. The third kappa shape index (κ3) is 4.00. The summed E-state index contributed by atoms with van der Waals surface area (Å²) in [6.45, 7) is 0. The minimum absolute atomic E-state index is 0.000676. The zero-order valence-corrected chi connectivity index (χ0v) is 13.9. The number of nitrogens with zero attached hydrogens (tertiary/aromatic N) is 2. The summed E-state index contributed by atoms with van der Waals surface area (Å²) in [6.07, 6.45) is -12.2. The molecule has 2 rings (SSSR count). The van der Waals surface area contributed by atoms with Gasteiger partial charge in [0.15, 0.2) is 17.2 Å². The molecular weight excluding hydrogens is 427 g/mol. The number of aryl methyl sites for hydroxylation is 1. The van der Waals surface area contributed by atoms with Crippen LogP contribution < -0.4 is 10.8 Å². The number of anilines is 1. The van der Waals surface area contributed by atoms with E-state index in [1.54, 1.807) is 0 Å². The van der Waals surface area contributed by atoms with Crippen molar-refractivity contribution in [3.63, 3.8) is 0 Å². The standard InChI is InChI=1S/C14H9F9N4O2/c1-27-10(24-11(28)5-3-2-4-6(26-29)8(5)15)7(13(18,19)20)9(25-27)12(16,17)14(21,22)23/h2-4H,26H2,1H3,(H,24,28). The lowest BCUT2D eigenvalue weighted by molar-refractivity contribution is -0.499. The van der Waals surface area contributed by atoms with Crippen LogP contribution in [0, 0.1) is 11.0 Å². The summed E-state index contributed by atoms with van der Waals surface area (Å²) in [5.74, 6) is -10.6. The molecule has 3 N–H and O–H groups in total. The fourth-order valence-corrected chi connectivity index (χ4v) is 2.28. The van der Waals surface area contributed by atoms with Gasteiger partial charge in [-0.15, -0.1) is 0 Å². The molecule has 15 heteroatoms. The van der Waals surface area contributed by atoms with E-state index in [0.717, 1.165) is 18.2 Å². The SMILES string of the molecule is Cn1nc(C(F)(F)C(F)(F)F)c(C(F)(F)F)c1NC(=O)c1cccc([NH2+][O-])c1F. The second-order valence-corrected chi connectivity index (χ2v) is 5.55. The smallest absolute Gasteiger partial charge is 0.459 e.